The molecule has 0 aliphatic rings. The molecular formula is C27H38ClN3O4S. The number of hydrogen-bond acceptors (Lipinski definition) is 4. The van der Waals surface area contributed by atoms with Crippen molar-refractivity contribution in [2.24, 2.45) is 5.92 Å². The van der Waals surface area contributed by atoms with E-state index in [1.54, 1.807) is 36.4 Å². The van der Waals surface area contributed by atoms with Crippen molar-refractivity contribution in [1.29, 1.82) is 0 Å². The molecule has 0 bridgehead atoms. The van der Waals surface area contributed by atoms with Crippen LogP contribution in [0, 0.1) is 5.92 Å². The number of halogens is 1. The van der Waals surface area contributed by atoms with Crippen molar-refractivity contribution in [3.8, 4) is 0 Å². The number of benzene rings is 2. The molecule has 7 nitrogen and oxygen atoms in total. The number of sulfonamides is 1. The fourth-order valence-corrected chi connectivity index (χ4v) is 4.92. The Morgan fingerprint density at radius 2 is 1.61 bits per heavy atom. The first-order chi connectivity index (χ1) is 16.8. The van der Waals surface area contributed by atoms with Gasteiger partial charge >= 0.3 is 0 Å². The predicted molar refractivity (Wildman–Crippen MR) is 147 cm³/mol. The van der Waals surface area contributed by atoms with Crippen molar-refractivity contribution >= 4 is 39.1 Å². The van der Waals surface area contributed by atoms with Crippen molar-refractivity contribution < 1.29 is 18.0 Å². The predicted octanol–water partition coefficient (Wildman–Crippen LogP) is 4.81. The van der Waals surface area contributed by atoms with Gasteiger partial charge in [0.05, 0.1) is 11.9 Å². The Kier molecular flexibility index (Phi) is 10.8. The zero-order valence-electron chi connectivity index (χ0n) is 22.0. The van der Waals surface area contributed by atoms with Gasteiger partial charge in [0.25, 0.3) is 0 Å². The molecule has 2 aromatic carbocycles. The molecule has 0 heterocycles. The summed E-state index contributed by atoms with van der Waals surface area (Å²) in [5.41, 5.74) is 2.07. The number of nitrogens with zero attached hydrogens (tertiary/aromatic N) is 2. The highest BCUT2D eigenvalue weighted by Crippen LogP contribution is 2.29. The summed E-state index contributed by atoms with van der Waals surface area (Å²) in [7, 11) is -3.79. The lowest BCUT2D eigenvalue weighted by molar-refractivity contribution is -0.140. The molecule has 2 amide bonds. The summed E-state index contributed by atoms with van der Waals surface area (Å²) in [6, 6.07) is 13.5. The smallest absolute Gasteiger partial charge is 0.244 e. The largest absolute Gasteiger partial charge is 0.354 e. The van der Waals surface area contributed by atoms with Gasteiger partial charge in [-0.2, -0.15) is 0 Å². The number of amides is 2. The van der Waals surface area contributed by atoms with E-state index < -0.39 is 28.5 Å². The molecule has 36 heavy (non-hydrogen) atoms. The highest BCUT2D eigenvalue weighted by Gasteiger charge is 2.32. The van der Waals surface area contributed by atoms with Gasteiger partial charge in [0.1, 0.15) is 12.6 Å². The maximum atomic E-state index is 13.8. The Morgan fingerprint density at radius 1 is 1.00 bits per heavy atom. The van der Waals surface area contributed by atoms with Gasteiger partial charge in [-0.25, -0.2) is 8.42 Å². The van der Waals surface area contributed by atoms with Crippen LogP contribution in [0.1, 0.15) is 58.1 Å². The lowest BCUT2D eigenvalue weighted by Crippen LogP contribution is -2.52. The first-order valence-corrected chi connectivity index (χ1v) is 14.5. The fraction of sp³-hybridized carbons (Fsp3) is 0.481. The summed E-state index contributed by atoms with van der Waals surface area (Å²) < 4.78 is 26.9. The number of hydrogen-bond donors (Lipinski definition) is 1. The van der Waals surface area contributed by atoms with E-state index in [4.69, 9.17) is 11.6 Å². The maximum Gasteiger partial charge on any atom is 0.244 e. The van der Waals surface area contributed by atoms with Gasteiger partial charge < -0.3 is 10.2 Å². The van der Waals surface area contributed by atoms with E-state index in [1.165, 1.54) is 4.90 Å². The Hall–Kier alpha value is -2.58. The first-order valence-electron chi connectivity index (χ1n) is 12.2. The topological polar surface area (TPSA) is 86.8 Å². The van der Waals surface area contributed by atoms with Crippen molar-refractivity contribution in [3.05, 3.63) is 64.7 Å². The van der Waals surface area contributed by atoms with Gasteiger partial charge in [0, 0.05) is 18.1 Å². The number of carbonyl (C=O) groups is 2. The molecule has 0 radical (unpaired) electrons. The zero-order chi connectivity index (χ0) is 27.0. The third kappa shape index (κ3) is 8.23. The zero-order valence-corrected chi connectivity index (χ0v) is 23.6. The minimum atomic E-state index is -3.79. The van der Waals surface area contributed by atoms with Crippen LogP contribution in [0.25, 0.3) is 0 Å². The Balaban J connectivity index is 2.47. The van der Waals surface area contributed by atoms with Crippen LogP contribution in [0.4, 0.5) is 5.69 Å². The van der Waals surface area contributed by atoms with Crippen LogP contribution in [-0.4, -0.2) is 50.5 Å². The highest BCUT2D eigenvalue weighted by molar-refractivity contribution is 7.92. The van der Waals surface area contributed by atoms with Gasteiger partial charge in [-0.05, 0) is 47.6 Å². The average Bonchev–Trinajstić information content (AvgIpc) is 2.81. The summed E-state index contributed by atoms with van der Waals surface area (Å²) in [6.45, 7) is 9.99. The van der Waals surface area contributed by atoms with Gasteiger partial charge in [-0.15, -0.1) is 0 Å². The number of anilines is 1. The van der Waals surface area contributed by atoms with Gasteiger partial charge in [0.2, 0.25) is 21.8 Å². The van der Waals surface area contributed by atoms with Crippen LogP contribution >= 0.6 is 11.6 Å². The number of carbonyl (C=O) groups excluding carboxylic acids is 2. The van der Waals surface area contributed by atoms with E-state index in [9.17, 15) is 18.0 Å². The molecule has 0 saturated carbocycles. The molecule has 0 spiro atoms. The molecule has 2 rings (SSSR count). The number of nitrogens with one attached hydrogen (secondary N) is 1. The van der Waals surface area contributed by atoms with E-state index >= 15 is 0 Å². The molecule has 2 aromatic rings. The number of para-hydroxylation sites is 1. The summed E-state index contributed by atoms with van der Waals surface area (Å²) in [4.78, 5) is 28.4. The van der Waals surface area contributed by atoms with E-state index in [-0.39, 0.29) is 24.3 Å². The van der Waals surface area contributed by atoms with Crippen molar-refractivity contribution in [2.45, 2.75) is 59.5 Å². The molecular weight excluding hydrogens is 498 g/mol. The molecule has 1 N–H and O–H groups in total. The lowest BCUT2D eigenvalue weighted by atomic mass is 10.0. The van der Waals surface area contributed by atoms with Crippen LogP contribution in [0.3, 0.4) is 0 Å². The second-order valence-corrected chi connectivity index (χ2v) is 12.0. The normalized spacial score (nSPS) is 12.5. The molecule has 0 aromatic heterocycles. The first kappa shape index (κ1) is 29.6. The average molecular weight is 536 g/mol. The van der Waals surface area contributed by atoms with Crippen LogP contribution in [-0.2, 0) is 26.2 Å². The van der Waals surface area contributed by atoms with Crippen molar-refractivity contribution in [3.63, 3.8) is 0 Å². The second-order valence-electron chi connectivity index (χ2n) is 9.69. The molecule has 198 valence electrons. The quantitative estimate of drug-likeness (QED) is 0.422. The summed E-state index contributed by atoms with van der Waals surface area (Å²) >= 11 is 6.03. The Morgan fingerprint density at radius 3 is 2.14 bits per heavy atom. The van der Waals surface area contributed by atoms with E-state index in [2.05, 4.69) is 5.32 Å². The fourth-order valence-electron chi connectivity index (χ4n) is 3.93. The SMILES string of the molecule is CC[C@H](C(=O)NCC(C)C)N(Cc1ccc(Cl)cc1)C(=O)CN(c1ccccc1C(C)C)S(C)(=O)=O. The third-order valence-corrected chi connectivity index (χ3v) is 7.22. The minimum absolute atomic E-state index is 0.0518. The molecule has 0 unspecified atom stereocenters. The van der Waals surface area contributed by atoms with E-state index in [0.29, 0.717) is 23.7 Å². The summed E-state index contributed by atoms with van der Waals surface area (Å²) in [5, 5.41) is 3.48. The van der Waals surface area contributed by atoms with Crippen molar-refractivity contribution in [1.82, 2.24) is 10.2 Å². The highest BCUT2D eigenvalue weighted by atomic mass is 35.5. The molecule has 0 saturated heterocycles. The van der Waals surface area contributed by atoms with Crippen LogP contribution in [0.5, 0.6) is 0 Å². The molecule has 0 aliphatic heterocycles. The van der Waals surface area contributed by atoms with E-state index in [1.807, 2.05) is 46.8 Å². The van der Waals surface area contributed by atoms with E-state index in [0.717, 1.165) is 21.7 Å². The second kappa shape index (κ2) is 13.1. The van der Waals surface area contributed by atoms with Crippen molar-refractivity contribution in [2.75, 3.05) is 23.7 Å². The van der Waals surface area contributed by atoms with Crippen LogP contribution < -0.4 is 9.62 Å². The molecule has 0 aliphatic carbocycles. The summed E-state index contributed by atoms with van der Waals surface area (Å²) in [6.07, 6.45) is 1.47. The van der Waals surface area contributed by atoms with Crippen LogP contribution in [0.15, 0.2) is 48.5 Å². The van der Waals surface area contributed by atoms with Gasteiger partial charge in [-0.1, -0.05) is 76.6 Å². The summed E-state index contributed by atoms with van der Waals surface area (Å²) in [5.74, 6) is -0.418. The lowest BCUT2D eigenvalue weighted by Gasteiger charge is -2.33. The minimum Gasteiger partial charge on any atom is -0.354 e. The van der Waals surface area contributed by atoms with Gasteiger partial charge in [-0.3, -0.25) is 13.9 Å². The molecule has 0 fully saturated rings. The van der Waals surface area contributed by atoms with Crippen LogP contribution in [0.2, 0.25) is 5.02 Å². The third-order valence-electron chi connectivity index (χ3n) is 5.84. The van der Waals surface area contributed by atoms with Gasteiger partial charge in [0.15, 0.2) is 0 Å². The molecule has 1 atom stereocenters. The Bertz CT molecular complexity index is 1130. The maximum absolute atomic E-state index is 13.8. The molecule has 9 heteroatoms. The Labute approximate surface area is 220 Å². The monoisotopic (exact) mass is 535 g/mol. The standard InChI is InChI=1S/C27H38ClN3O4S/c1-7-24(27(33)29-16-19(2)3)30(17-21-12-14-22(28)15-13-21)26(32)18-31(36(6,34)35)25-11-9-8-10-23(25)20(4)5/h8-15,19-20,24H,7,16-18H2,1-6H3,(H,29,33)/t24-/m1/s1. The number of rotatable bonds is 12.